The maximum Gasteiger partial charge on any atom is 0.326 e. The van der Waals surface area contributed by atoms with Crippen molar-refractivity contribution in [3.8, 4) is 5.75 Å². The van der Waals surface area contributed by atoms with E-state index < -0.39 is 0 Å². The average Bonchev–Trinajstić information content (AvgIpc) is 2.71. The minimum absolute atomic E-state index is 0.130. The summed E-state index contributed by atoms with van der Waals surface area (Å²) < 4.78 is 1.74. The van der Waals surface area contributed by atoms with Crippen molar-refractivity contribution < 1.29 is 5.11 Å². The lowest BCUT2D eigenvalue weighted by Crippen LogP contribution is -2.40. The minimum atomic E-state index is -0.143. The van der Waals surface area contributed by atoms with Gasteiger partial charge in [-0.2, -0.15) is 0 Å². The van der Waals surface area contributed by atoms with Crippen LogP contribution in [0.15, 0.2) is 23.0 Å². The number of para-hydroxylation sites is 1. The van der Waals surface area contributed by atoms with Gasteiger partial charge in [-0.25, -0.2) is 4.79 Å². The first-order chi connectivity index (χ1) is 9.16. The number of H-pyrrole nitrogens is 1. The minimum Gasteiger partial charge on any atom is -0.506 e. The number of piperidine rings is 1. The van der Waals surface area contributed by atoms with Crippen molar-refractivity contribution >= 4 is 11.0 Å². The monoisotopic (exact) mass is 261 g/mol. The molecule has 1 atom stereocenters. The first-order valence-corrected chi connectivity index (χ1v) is 6.77. The second-order valence-corrected chi connectivity index (χ2v) is 5.34. The highest BCUT2D eigenvalue weighted by atomic mass is 16.3. The Labute approximate surface area is 111 Å². The lowest BCUT2D eigenvalue weighted by atomic mass is 10.0. The second kappa shape index (κ2) is 4.74. The van der Waals surface area contributed by atoms with Crippen LogP contribution in [0.3, 0.4) is 0 Å². The van der Waals surface area contributed by atoms with Crippen LogP contribution >= 0.6 is 0 Å². The number of aromatic hydroxyl groups is 1. The predicted octanol–water partition coefficient (Wildman–Crippen LogP) is 1.52. The molecule has 1 aliphatic rings. The Morgan fingerprint density at radius 2 is 2.26 bits per heavy atom. The van der Waals surface area contributed by atoms with Crippen LogP contribution in [-0.2, 0) is 6.54 Å². The molecule has 102 valence electrons. The summed E-state index contributed by atoms with van der Waals surface area (Å²) in [4.78, 5) is 17.1. The molecular weight excluding hydrogens is 242 g/mol. The van der Waals surface area contributed by atoms with Crippen molar-refractivity contribution in [3.05, 3.63) is 28.7 Å². The van der Waals surface area contributed by atoms with E-state index in [4.69, 9.17) is 0 Å². The zero-order valence-corrected chi connectivity index (χ0v) is 11.1. The lowest BCUT2D eigenvalue weighted by Gasteiger charge is -2.32. The van der Waals surface area contributed by atoms with Gasteiger partial charge in [-0.15, -0.1) is 0 Å². The molecule has 1 aliphatic heterocycles. The van der Waals surface area contributed by atoms with E-state index >= 15 is 0 Å². The number of likely N-dealkylation sites (N-methyl/N-ethyl adjacent to an activating group) is 1. The van der Waals surface area contributed by atoms with Crippen LogP contribution in [0.25, 0.3) is 11.0 Å². The van der Waals surface area contributed by atoms with Gasteiger partial charge in [-0.3, -0.25) is 4.57 Å². The number of aromatic nitrogens is 2. The Bertz CT molecular complexity index is 644. The molecule has 1 unspecified atom stereocenters. The number of nitrogens with one attached hydrogen (secondary N) is 1. The summed E-state index contributed by atoms with van der Waals surface area (Å²) in [6.45, 7) is 1.77. The summed E-state index contributed by atoms with van der Waals surface area (Å²) >= 11 is 0. The van der Waals surface area contributed by atoms with Gasteiger partial charge in [0.25, 0.3) is 0 Å². The van der Waals surface area contributed by atoms with Crippen LogP contribution in [0.2, 0.25) is 0 Å². The fourth-order valence-electron chi connectivity index (χ4n) is 2.93. The number of nitrogens with zero attached hydrogens (tertiary/aromatic N) is 2. The summed E-state index contributed by atoms with van der Waals surface area (Å²) in [5, 5.41) is 9.77. The van der Waals surface area contributed by atoms with E-state index in [0.717, 1.165) is 18.5 Å². The molecule has 0 saturated carbocycles. The van der Waals surface area contributed by atoms with Crippen molar-refractivity contribution in [2.75, 3.05) is 13.6 Å². The van der Waals surface area contributed by atoms with Crippen LogP contribution in [-0.4, -0.2) is 39.2 Å². The average molecular weight is 261 g/mol. The molecule has 0 radical (unpaired) electrons. The Morgan fingerprint density at radius 1 is 1.42 bits per heavy atom. The molecule has 2 heterocycles. The van der Waals surface area contributed by atoms with Gasteiger partial charge in [0.15, 0.2) is 0 Å². The number of likely N-dealkylation sites (tertiary alicyclic amines) is 1. The summed E-state index contributed by atoms with van der Waals surface area (Å²) in [6.07, 6.45) is 3.57. The molecule has 1 aromatic heterocycles. The van der Waals surface area contributed by atoms with Crippen LogP contribution in [0, 0.1) is 0 Å². The maximum atomic E-state index is 12.0. The van der Waals surface area contributed by atoms with Gasteiger partial charge < -0.3 is 15.0 Å². The van der Waals surface area contributed by atoms with E-state index in [9.17, 15) is 9.90 Å². The van der Waals surface area contributed by atoms with Gasteiger partial charge in [0.2, 0.25) is 0 Å². The summed E-state index contributed by atoms with van der Waals surface area (Å²) in [6, 6.07) is 5.63. The van der Waals surface area contributed by atoms with Crippen molar-refractivity contribution in [3.63, 3.8) is 0 Å². The number of rotatable bonds is 2. The van der Waals surface area contributed by atoms with Gasteiger partial charge in [0.1, 0.15) is 11.3 Å². The zero-order chi connectivity index (χ0) is 13.4. The fraction of sp³-hybridized carbons (Fsp3) is 0.500. The molecule has 1 aromatic carbocycles. The summed E-state index contributed by atoms with van der Waals surface area (Å²) in [7, 11) is 2.11. The molecule has 19 heavy (non-hydrogen) atoms. The van der Waals surface area contributed by atoms with Gasteiger partial charge in [-0.05, 0) is 38.6 Å². The largest absolute Gasteiger partial charge is 0.506 e. The van der Waals surface area contributed by atoms with Crippen molar-refractivity contribution in [2.24, 2.45) is 0 Å². The molecule has 5 nitrogen and oxygen atoms in total. The van der Waals surface area contributed by atoms with Crippen LogP contribution in [0.5, 0.6) is 5.75 Å². The molecule has 0 bridgehead atoms. The molecule has 0 amide bonds. The highest BCUT2D eigenvalue weighted by molar-refractivity contribution is 5.81. The number of hydrogen-bond acceptors (Lipinski definition) is 3. The Balaban J connectivity index is 1.98. The van der Waals surface area contributed by atoms with E-state index in [2.05, 4.69) is 16.9 Å². The standard InChI is InChI=1S/C14H19N3O2/c1-16-8-3-2-5-10(16)9-17-11-6-4-7-12(18)13(11)15-14(17)19/h4,6-7,10,18H,2-3,5,8-9H2,1H3,(H,15,19). The summed E-state index contributed by atoms with van der Waals surface area (Å²) in [5.41, 5.74) is 1.17. The van der Waals surface area contributed by atoms with Crippen molar-refractivity contribution in [1.82, 2.24) is 14.5 Å². The topological polar surface area (TPSA) is 61.3 Å². The number of benzene rings is 1. The Hall–Kier alpha value is -1.75. The van der Waals surface area contributed by atoms with Gasteiger partial charge in [0, 0.05) is 12.6 Å². The number of phenols is 1. The van der Waals surface area contributed by atoms with Crippen molar-refractivity contribution in [1.29, 1.82) is 0 Å². The van der Waals surface area contributed by atoms with Crippen LogP contribution in [0.1, 0.15) is 19.3 Å². The molecule has 2 aromatic rings. The summed E-state index contributed by atoms with van der Waals surface area (Å²) in [5.74, 6) is 0.130. The first kappa shape index (κ1) is 12.3. The molecule has 2 N–H and O–H groups in total. The predicted molar refractivity (Wildman–Crippen MR) is 74.5 cm³/mol. The second-order valence-electron chi connectivity index (χ2n) is 5.34. The third kappa shape index (κ3) is 2.14. The van der Waals surface area contributed by atoms with Gasteiger partial charge in [0.05, 0.1) is 5.52 Å². The molecule has 1 fully saturated rings. The zero-order valence-electron chi connectivity index (χ0n) is 11.1. The molecule has 1 saturated heterocycles. The Kier molecular flexibility index (Phi) is 3.06. The number of fused-ring (bicyclic) bond motifs is 1. The lowest BCUT2D eigenvalue weighted by molar-refractivity contribution is 0.167. The third-order valence-corrected chi connectivity index (χ3v) is 4.10. The molecule has 5 heteroatoms. The van der Waals surface area contributed by atoms with E-state index in [1.54, 1.807) is 16.7 Å². The SMILES string of the molecule is CN1CCCCC1Cn1c(=O)[nH]c2c(O)cccc21. The number of phenolic OH excluding ortho intramolecular Hbond substituents is 1. The third-order valence-electron chi connectivity index (χ3n) is 4.10. The number of hydrogen-bond donors (Lipinski definition) is 2. The highest BCUT2D eigenvalue weighted by Crippen LogP contribution is 2.22. The van der Waals surface area contributed by atoms with E-state index in [-0.39, 0.29) is 11.4 Å². The molecule has 0 aliphatic carbocycles. The quantitative estimate of drug-likeness (QED) is 0.861. The highest BCUT2D eigenvalue weighted by Gasteiger charge is 2.21. The Morgan fingerprint density at radius 3 is 3.05 bits per heavy atom. The molecule has 3 rings (SSSR count). The number of imidazole rings is 1. The normalized spacial score (nSPS) is 21.0. The number of aromatic amines is 1. The van der Waals surface area contributed by atoms with E-state index in [0.29, 0.717) is 18.1 Å². The molecular formula is C14H19N3O2. The fourth-order valence-corrected chi connectivity index (χ4v) is 2.93. The molecule has 0 spiro atoms. The van der Waals surface area contributed by atoms with E-state index in [1.807, 2.05) is 6.07 Å². The van der Waals surface area contributed by atoms with Crippen LogP contribution < -0.4 is 5.69 Å². The van der Waals surface area contributed by atoms with Gasteiger partial charge >= 0.3 is 5.69 Å². The van der Waals surface area contributed by atoms with Crippen LogP contribution in [0.4, 0.5) is 0 Å². The first-order valence-electron chi connectivity index (χ1n) is 6.77. The van der Waals surface area contributed by atoms with Crippen molar-refractivity contribution in [2.45, 2.75) is 31.8 Å². The maximum absolute atomic E-state index is 12.0. The smallest absolute Gasteiger partial charge is 0.326 e. The van der Waals surface area contributed by atoms with Gasteiger partial charge in [-0.1, -0.05) is 12.5 Å². The van der Waals surface area contributed by atoms with E-state index in [1.165, 1.54) is 12.8 Å².